The molecule has 3 atom stereocenters. The van der Waals surface area contributed by atoms with Gasteiger partial charge in [0.05, 0.1) is 6.04 Å². The summed E-state index contributed by atoms with van der Waals surface area (Å²) in [6.45, 7) is 0. The lowest BCUT2D eigenvalue weighted by Gasteiger charge is -2.24. The highest BCUT2D eigenvalue weighted by Crippen LogP contribution is 2.38. The highest BCUT2D eigenvalue weighted by Gasteiger charge is 2.37. The van der Waals surface area contributed by atoms with Crippen molar-refractivity contribution in [3.05, 3.63) is 34.4 Å². The molecular formula is C18H18BN3O2. The average Bonchev–Trinajstić information content (AvgIpc) is 3.16. The minimum atomic E-state index is -0.221. The molecule has 2 N–H and O–H groups in total. The van der Waals surface area contributed by atoms with Gasteiger partial charge in [0, 0.05) is 11.4 Å². The highest BCUT2D eigenvalue weighted by atomic mass is 16.3. The van der Waals surface area contributed by atoms with Gasteiger partial charge in [-0.3, -0.25) is 4.79 Å². The number of furan rings is 1. The third-order valence-corrected chi connectivity index (χ3v) is 5.56. The molecule has 2 radical (unpaired) electrons. The van der Waals surface area contributed by atoms with Crippen LogP contribution in [0, 0.1) is 5.92 Å². The van der Waals surface area contributed by atoms with Crippen molar-refractivity contribution >= 4 is 35.4 Å². The van der Waals surface area contributed by atoms with Gasteiger partial charge in [0.1, 0.15) is 24.8 Å². The van der Waals surface area contributed by atoms with Crippen LogP contribution in [0.1, 0.15) is 44.0 Å². The molecule has 120 valence electrons. The van der Waals surface area contributed by atoms with E-state index in [1.165, 1.54) is 25.7 Å². The molecule has 3 heterocycles. The zero-order valence-corrected chi connectivity index (χ0v) is 13.3. The molecule has 0 amide bonds. The van der Waals surface area contributed by atoms with Gasteiger partial charge >= 0.3 is 0 Å². The minimum Gasteiger partial charge on any atom is -0.449 e. The van der Waals surface area contributed by atoms with Crippen molar-refractivity contribution in [1.29, 1.82) is 0 Å². The maximum Gasteiger partial charge on any atom is 0.294 e. The van der Waals surface area contributed by atoms with Gasteiger partial charge in [0.25, 0.3) is 5.56 Å². The highest BCUT2D eigenvalue weighted by molar-refractivity contribution is 6.33. The average molecular weight is 319 g/mol. The SMILES string of the molecule is [B]c1ccc2oc3c(=O)[nH]c([C@@H]4CC5CCCCC5N4)nc3c2c1. The van der Waals surface area contributed by atoms with Gasteiger partial charge in [-0.1, -0.05) is 30.4 Å². The molecule has 2 aromatic heterocycles. The van der Waals surface area contributed by atoms with Gasteiger partial charge in [-0.05, 0) is 31.2 Å². The topological polar surface area (TPSA) is 70.9 Å². The molecule has 5 rings (SSSR count). The maximum atomic E-state index is 12.5. The third-order valence-electron chi connectivity index (χ3n) is 5.56. The molecule has 1 aromatic carbocycles. The standard InChI is InChI=1S/C18H18BN3O2/c19-10-5-6-14-11(8-10)15-16(24-14)18(23)22-17(21-15)13-7-9-3-1-2-4-12(9)20-13/h5-6,8-9,12-13,20H,1-4,7H2,(H,21,22,23)/t9?,12?,13-/m0/s1. The zero-order valence-electron chi connectivity index (χ0n) is 13.3. The predicted octanol–water partition coefficient (Wildman–Crippen LogP) is 2.06. The van der Waals surface area contributed by atoms with E-state index >= 15 is 0 Å². The first-order valence-corrected chi connectivity index (χ1v) is 8.67. The van der Waals surface area contributed by atoms with Crippen LogP contribution in [0.3, 0.4) is 0 Å². The molecule has 1 saturated carbocycles. The number of hydrogen-bond donors (Lipinski definition) is 2. The number of aromatic amines is 1. The summed E-state index contributed by atoms with van der Waals surface area (Å²) in [5.74, 6) is 1.41. The summed E-state index contributed by atoms with van der Waals surface area (Å²) in [5.41, 5.74) is 1.94. The lowest BCUT2D eigenvalue weighted by atomic mass is 9.85. The van der Waals surface area contributed by atoms with Crippen LogP contribution in [0.2, 0.25) is 0 Å². The first-order valence-electron chi connectivity index (χ1n) is 8.67. The fourth-order valence-corrected chi connectivity index (χ4v) is 4.38. The Balaban J connectivity index is 1.63. The third kappa shape index (κ3) is 2.13. The molecule has 24 heavy (non-hydrogen) atoms. The van der Waals surface area contributed by atoms with Crippen molar-refractivity contribution in [2.24, 2.45) is 5.92 Å². The Hall–Kier alpha value is -2.08. The fraction of sp³-hybridized carbons (Fsp3) is 0.444. The number of fused-ring (bicyclic) bond motifs is 4. The van der Waals surface area contributed by atoms with E-state index in [4.69, 9.17) is 17.2 Å². The lowest BCUT2D eigenvalue weighted by Crippen LogP contribution is -2.31. The van der Waals surface area contributed by atoms with Crippen LogP contribution >= 0.6 is 0 Å². The summed E-state index contributed by atoms with van der Waals surface area (Å²) >= 11 is 0. The van der Waals surface area contributed by atoms with Gasteiger partial charge in [-0.2, -0.15) is 0 Å². The summed E-state index contributed by atoms with van der Waals surface area (Å²) in [5, 5.41) is 4.46. The van der Waals surface area contributed by atoms with E-state index in [0.717, 1.165) is 11.8 Å². The van der Waals surface area contributed by atoms with E-state index in [0.29, 0.717) is 34.3 Å². The van der Waals surface area contributed by atoms with E-state index < -0.39 is 0 Å². The van der Waals surface area contributed by atoms with E-state index in [-0.39, 0.29) is 17.2 Å². The number of benzene rings is 1. The summed E-state index contributed by atoms with van der Waals surface area (Å²) in [4.78, 5) is 20.1. The summed E-state index contributed by atoms with van der Waals surface area (Å²) in [6, 6.07) is 6.04. The molecule has 1 saturated heterocycles. The molecule has 1 aliphatic heterocycles. The van der Waals surface area contributed by atoms with Crippen LogP contribution in [0.5, 0.6) is 0 Å². The Morgan fingerprint density at radius 1 is 1.25 bits per heavy atom. The molecular weight excluding hydrogens is 301 g/mol. The molecule has 0 spiro atoms. The Kier molecular flexibility index (Phi) is 3.10. The molecule has 6 heteroatoms. The Morgan fingerprint density at radius 2 is 2.12 bits per heavy atom. The van der Waals surface area contributed by atoms with Crippen molar-refractivity contribution in [2.75, 3.05) is 0 Å². The van der Waals surface area contributed by atoms with Gasteiger partial charge in [-0.15, -0.1) is 0 Å². The molecule has 2 aliphatic rings. The van der Waals surface area contributed by atoms with Crippen LogP contribution in [0.15, 0.2) is 27.4 Å². The Bertz CT molecular complexity index is 979. The summed E-state index contributed by atoms with van der Waals surface area (Å²) in [6.07, 6.45) is 6.13. The predicted molar refractivity (Wildman–Crippen MR) is 93.8 cm³/mol. The molecule has 0 bridgehead atoms. The summed E-state index contributed by atoms with van der Waals surface area (Å²) in [7, 11) is 5.88. The van der Waals surface area contributed by atoms with Gasteiger partial charge in [0.2, 0.25) is 5.58 Å². The number of aromatic nitrogens is 2. The zero-order chi connectivity index (χ0) is 16.3. The first kappa shape index (κ1) is 14.3. The maximum absolute atomic E-state index is 12.5. The number of rotatable bonds is 1. The molecule has 5 nitrogen and oxygen atoms in total. The molecule has 1 aliphatic carbocycles. The van der Waals surface area contributed by atoms with Crippen molar-refractivity contribution in [2.45, 2.75) is 44.2 Å². The Morgan fingerprint density at radius 3 is 3.00 bits per heavy atom. The number of hydrogen-bond acceptors (Lipinski definition) is 4. The second kappa shape index (κ2) is 5.21. The van der Waals surface area contributed by atoms with Crippen LogP contribution < -0.4 is 16.3 Å². The van der Waals surface area contributed by atoms with E-state index in [1.54, 1.807) is 12.1 Å². The second-order valence-corrected chi connectivity index (χ2v) is 7.09. The van der Waals surface area contributed by atoms with Crippen LogP contribution in [0.4, 0.5) is 0 Å². The number of H-pyrrole nitrogens is 1. The smallest absolute Gasteiger partial charge is 0.294 e. The Labute approximate surface area is 140 Å². The lowest BCUT2D eigenvalue weighted by molar-refractivity contribution is 0.325. The van der Waals surface area contributed by atoms with Crippen LogP contribution in [-0.2, 0) is 0 Å². The van der Waals surface area contributed by atoms with Crippen molar-refractivity contribution in [1.82, 2.24) is 15.3 Å². The quantitative estimate of drug-likeness (QED) is 0.674. The monoisotopic (exact) mass is 319 g/mol. The molecule has 2 fully saturated rings. The van der Waals surface area contributed by atoms with E-state index in [1.807, 2.05) is 6.07 Å². The first-order chi connectivity index (χ1) is 11.7. The summed E-state index contributed by atoms with van der Waals surface area (Å²) < 4.78 is 5.67. The largest absolute Gasteiger partial charge is 0.449 e. The minimum absolute atomic E-state index is 0.112. The van der Waals surface area contributed by atoms with Crippen molar-refractivity contribution in [3.63, 3.8) is 0 Å². The van der Waals surface area contributed by atoms with E-state index in [2.05, 4.69) is 10.3 Å². The molecule has 3 aromatic rings. The van der Waals surface area contributed by atoms with Crippen molar-refractivity contribution < 1.29 is 4.42 Å². The fourth-order valence-electron chi connectivity index (χ4n) is 4.38. The van der Waals surface area contributed by atoms with Gasteiger partial charge in [0.15, 0.2) is 0 Å². The van der Waals surface area contributed by atoms with Crippen molar-refractivity contribution in [3.8, 4) is 0 Å². The van der Waals surface area contributed by atoms with E-state index in [9.17, 15) is 4.79 Å². The second-order valence-electron chi connectivity index (χ2n) is 7.09. The van der Waals surface area contributed by atoms with Crippen LogP contribution in [0.25, 0.3) is 22.1 Å². The van der Waals surface area contributed by atoms with Gasteiger partial charge < -0.3 is 14.7 Å². The number of nitrogens with zero attached hydrogens (tertiary/aromatic N) is 1. The van der Waals surface area contributed by atoms with Crippen LogP contribution in [-0.4, -0.2) is 23.9 Å². The molecule has 2 unspecified atom stereocenters. The van der Waals surface area contributed by atoms with Gasteiger partial charge in [-0.25, -0.2) is 4.98 Å². The normalized spacial score (nSPS) is 26.9. The number of nitrogens with one attached hydrogen (secondary N) is 2.